The van der Waals surface area contributed by atoms with Crippen molar-refractivity contribution >= 4 is 27.3 Å². The van der Waals surface area contributed by atoms with Crippen LogP contribution in [-0.4, -0.2) is 9.38 Å². The van der Waals surface area contributed by atoms with Crippen LogP contribution in [0.25, 0.3) is 38.6 Å². The van der Waals surface area contributed by atoms with Crippen molar-refractivity contribution in [2.75, 3.05) is 0 Å². The third-order valence-electron chi connectivity index (χ3n) is 4.03. The van der Waals surface area contributed by atoms with Crippen LogP contribution in [0.4, 0.5) is 4.39 Å². The zero-order valence-corrected chi connectivity index (χ0v) is 13.3. The first-order valence-electron chi connectivity index (χ1n) is 7.49. The van der Waals surface area contributed by atoms with Gasteiger partial charge < -0.3 is 4.42 Å². The molecule has 3 aromatic heterocycles. The first-order chi connectivity index (χ1) is 11.8. The molecule has 5 aromatic rings. The summed E-state index contributed by atoms with van der Waals surface area (Å²) >= 11 is 1.55. The molecule has 5 rings (SSSR count). The summed E-state index contributed by atoms with van der Waals surface area (Å²) in [6.45, 7) is 0. The molecule has 0 saturated carbocycles. The fourth-order valence-electron chi connectivity index (χ4n) is 2.84. The van der Waals surface area contributed by atoms with Crippen LogP contribution in [0.2, 0.25) is 0 Å². The third-order valence-corrected chi connectivity index (χ3v) is 4.87. The molecule has 0 aliphatic carbocycles. The second kappa shape index (κ2) is 5.04. The molecule has 0 radical (unpaired) electrons. The molecule has 116 valence electrons. The topological polar surface area (TPSA) is 30.4 Å². The number of nitrogens with zero attached hydrogens (tertiary/aromatic N) is 2. The number of imidazole rings is 1. The first kappa shape index (κ1) is 13.5. The van der Waals surface area contributed by atoms with Gasteiger partial charge in [-0.2, -0.15) is 0 Å². The van der Waals surface area contributed by atoms with Gasteiger partial charge in [0.15, 0.2) is 10.7 Å². The van der Waals surface area contributed by atoms with E-state index < -0.39 is 0 Å². The van der Waals surface area contributed by atoms with Crippen LogP contribution in [0.3, 0.4) is 0 Å². The van der Waals surface area contributed by atoms with E-state index in [2.05, 4.69) is 4.98 Å². The zero-order valence-electron chi connectivity index (χ0n) is 12.4. The fraction of sp³-hybridized carbons (Fsp3) is 0. The van der Waals surface area contributed by atoms with Crippen LogP contribution in [-0.2, 0) is 0 Å². The average molecular weight is 334 g/mol. The molecule has 0 bridgehead atoms. The lowest BCUT2D eigenvalue weighted by Crippen LogP contribution is -1.84. The Balaban J connectivity index is 1.65. The SMILES string of the molecule is Fc1ccc(-c2csc3nc(-c4cc5ccccc5o4)cn23)cc1. The quantitative estimate of drug-likeness (QED) is 0.420. The molecule has 0 saturated heterocycles. The highest BCUT2D eigenvalue weighted by atomic mass is 32.1. The molecule has 2 aromatic carbocycles. The molecule has 0 aliphatic heterocycles. The third kappa shape index (κ3) is 2.06. The van der Waals surface area contributed by atoms with E-state index >= 15 is 0 Å². The van der Waals surface area contributed by atoms with E-state index in [0.717, 1.165) is 38.6 Å². The Morgan fingerprint density at radius 1 is 1.04 bits per heavy atom. The van der Waals surface area contributed by atoms with Crippen molar-refractivity contribution in [2.45, 2.75) is 0 Å². The van der Waals surface area contributed by atoms with Crippen molar-refractivity contribution < 1.29 is 8.81 Å². The van der Waals surface area contributed by atoms with Crippen molar-refractivity contribution in [3.05, 3.63) is 72.0 Å². The summed E-state index contributed by atoms with van der Waals surface area (Å²) in [5, 5.41) is 3.08. The van der Waals surface area contributed by atoms with Gasteiger partial charge in [0, 0.05) is 17.0 Å². The van der Waals surface area contributed by atoms with Crippen LogP contribution >= 0.6 is 11.3 Å². The van der Waals surface area contributed by atoms with Crippen molar-refractivity contribution in [3.63, 3.8) is 0 Å². The summed E-state index contributed by atoms with van der Waals surface area (Å²) in [5.41, 5.74) is 3.59. The predicted octanol–water partition coefficient (Wildman–Crippen LogP) is 5.62. The van der Waals surface area contributed by atoms with Gasteiger partial charge in [0.05, 0.1) is 5.69 Å². The molecule has 0 aliphatic rings. The van der Waals surface area contributed by atoms with E-state index in [4.69, 9.17) is 4.42 Å². The minimum atomic E-state index is -0.237. The smallest absolute Gasteiger partial charge is 0.194 e. The van der Waals surface area contributed by atoms with Crippen LogP contribution in [0, 0.1) is 5.82 Å². The number of aromatic nitrogens is 2. The molecule has 0 N–H and O–H groups in total. The van der Waals surface area contributed by atoms with E-state index in [-0.39, 0.29) is 5.82 Å². The van der Waals surface area contributed by atoms with Crippen molar-refractivity contribution in [3.8, 4) is 22.7 Å². The standard InChI is InChI=1S/C19H11FN2OS/c20-14-7-5-12(6-8-14)16-11-24-19-21-15(10-22(16)19)18-9-13-3-1-2-4-17(13)23-18/h1-11H. The van der Waals surface area contributed by atoms with Crippen molar-refractivity contribution in [1.82, 2.24) is 9.38 Å². The monoisotopic (exact) mass is 334 g/mol. The number of para-hydroxylation sites is 1. The molecule has 3 heterocycles. The summed E-state index contributed by atoms with van der Waals surface area (Å²) in [5.74, 6) is 0.510. The summed E-state index contributed by atoms with van der Waals surface area (Å²) in [7, 11) is 0. The Morgan fingerprint density at radius 2 is 1.88 bits per heavy atom. The number of thiazole rings is 1. The zero-order chi connectivity index (χ0) is 16.1. The number of hydrogen-bond acceptors (Lipinski definition) is 3. The predicted molar refractivity (Wildman–Crippen MR) is 93.7 cm³/mol. The molecule has 0 unspecified atom stereocenters. The number of fused-ring (bicyclic) bond motifs is 2. The Labute approximate surface area is 140 Å². The lowest BCUT2D eigenvalue weighted by Gasteiger charge is -1.99. The average Bonchev–Trinajstić information content (AvgIpc) is 3.28. The van der Waals surface area contributed by atoms with Gasteiger partial charge >= 0.3 is 0 Å². The number of hydrogen-bond donors (Lipinski definition) is 0. The highest BCUT2D eigenvalue weighted by Gasteiger charge is 2.14. The van der Waals surface area contributed by atoms with Gasteiger partial charge in [-0.15, -0.1) is 11.3 Å². The summed E-state index contributed by atoms with van der Waals surface area (Å²) in [6.07, 6.45) is 1.96. The fourth-order valence-corrected chi connectivity index (χ4v) is 3.72. The van der Waals surface area contributed by atoms with Crippen molar-refractivity contribution in [2.24, 2.45) is 0 Å². The molecular formula is C19H11FN2OS. The molecular weight excluding hydrogens is 323 g/mol. The summed E-state index contributed by atoms with van der Waals surface area (Å²) in [4.78, 5) is 5.54. The van der Waals surface area contributed by atoms with Gasteiger partial charge in [0.2, 0.25) is 0 Å². The van der Waals surface area contributed by atoms with Crippen LogP contribution in [0.15, 0.2) is 70.6 Å². The van der Waals surface area contributed by atoms with Gasteiger partial charge in [-0.25, -0.2) is 9.37 Å². The second-order valence-electron chi connectivity index (χ2n) is 5.56. The normalized spacial score (nSPS) is 11.5. The minimum absolute atomic E-state index is 0.237. The largest absolute Gasteiger partial charge is 0.454 e. The maximum atomic E-state index is 13.1. The maximum absolute atomic E-state index is 13.1. The van der Waals surface area contributed by atoms with Crippen LogP contribution in [0.5, 0.6) is 0 Å². The Hall–Kier alpha value is -2.92. The first-order valence-corrected chi connectivity index (χ1v) is 8.37. The molecule has 0 spiro atoms. The molecule has 0 atom stereocenters. The van der Waals surface area contributed by atoms with E-state index in [9.17, 15) is 4.39 Å². The van der Waals surface area contributed by atoms with Crippen LogP contribution in [0.1, 0.15) is 0 Å². The van der Waals surface area contributed by atoms with E-state index in [1.807, 2.05) is 46.3 Å². The minimum Gasteiger partial charge on any atom is -0.454 e. The molecule has 0 fully saturated rings. The van der Waals surface area contributed by atoms with Gasteiger partial charge in [0.25, 0.3) is 0 Å². The van der Waals surface area contributed by atoms with Crippen molar-refractivity contribution in [1.29, 1.82) is 0 Å². The Kier molecular flexibility index (Phi) is 2.84. The molecule has 5 heteroatoms. The number of halogens is 1. The maximum Gasteiger partial charge on any atom is 0.194 e. The van der Waals surface area contributed by atoms with Gasteiger partial charge in [-0.3, -0.25) is 4.40 Å². The summed E-state index contributed by atoms with van der Waals surface area (Å²) < 4.78 is 21.0. The number of rotatable bonds is 2. The number of furan rings is 1. The molecule has 24 heavy (non-hydrogen) atoms. The summed E-state index contributed by atoms with van der Waals surface area (Å²) in [6, 6.07) is 16.4. The van der Waals surface area contributed by atoms with Gasteiger partial charge in [-0.1, -0.05) is 18.2 Å². The Bertz CT molecular complexity index is 1130. The lowest BCUT2D eigenvalue weighted by atomic mass is 10.2. The highest BCUT2D eigenvalue weighted by Crippen LogP contribution is 2.31. The van der Waals surface area contributed by atoms with E-state index in [0.29, 0.717) is 0 Å². The Morgan fingerprint density at radius 3 is 2.71 bits per heavy atom. The molecule has 3 nitrogen and oxygen atoms in total. The number of benzene rings is 2. The van der Waals surface area contributed by atoms with Crippen LogP contribution < -0.4 is 0 Å². The van der Waals surface area contributed by atoms with E-state index in [1.165, 1.54) is 12.1 Å². The van der Waals surface area contributed by atoms with Gasteiger partial charge in [0.1, 0.15) is 17.1 Å². The lowest BCUT2D eigenvalue weighted by molar-refractivity contribution is 0.628. The molecule has 0 amide bonds. The second-order valence-corrected chi connectivity index (χ2v) is 6.39. The highest BCUT2D eigenvalue weighted by molar-refractivity contribution is 7.15. The van der Waals surface area contributed by atoms with E-state index in [1.54, 1.807) is 23.5 Å². The van der Waals surface area contributed by atoms with Gasteiger partial charge in [-0.05, 0) is 42.0 Å².